The minimum atomic E-state index is -1.08. The lowest BCUT2D eigenvalue weighted by atomic mass is 9.93. The van der Waals surface area contributed by atoms with E-state index in [4.69, 9.17) is 14.2 Å². The maximum absolute atomic E-state index is 13.8. The number of ether oxygens (including phenoxy) is 3. The fourth-order valence-electron chi connectivity index (χ4n) is 5.92. The van der Waals surface area contributed by atoms with Gasteiger partial charge >= 0.3 is 12.2 Å². The highest BCUT2D eigenvalue weighted by molar-refractivity contribution is 7.13. The van der Waals surface area contributed by atoms with Crippen LogP contribution in [0, 0.1) is 5.92 Å². The fourth-order valence-corrected chi connectivity index (χ4v) is 6.78. The average molecular weight is 745 g/mol. The molecule has 2 aromatic carbocycles. The molecule has 0 spiro atoms. The number of nitrogens with zero attached hydrogens (tertiary/aromatic N) is 3. The highest BCUT2D eigenvalue weighted by Gasteiger charge is 2.30. The van der Waals surface area contributed by atoms with Crippen LogP contribution in [0.3, 0.4) is 0 Å². The van der Waals surface area contributed by atoms with E-state index < -0.39 is 42.3 Å². The summed E-state index contributed by atoms with van der Waals surface area (Å²) in [6, 6.07) is 20.5. The lowest BCUT2D eigenvalue weighted by Crippen LogP contribution is -2.54. The van der Waals surface area contributed by atoms with Gasteiger partial charge in [0.15, 0.2) is 5.13 Å². The van der Waals surface area contributed by atoms with Crippen LogP contribution in [0.4, 0.5) is 14.7 Å². The first-order valence-electron chi connectivity index (χ1n) is 17.8. The molecule has 4 N–H and O–H groups in total. The topological polar surface area (TPSA) is 164 Å². The lowest BCUT2D eigenvalue weighted by Gasteiger charge is -2.30. The molecule has 1 aliphatic heterocycles. The van der Waals surface area contributed by atoms with Gasteiger partial charge in [-0.25, -0.2) is 14.6 Å². The van der Waals surface area contributed by atoms with Crippen LogP contribution >= 0.6 is 11.3 Å². The third kappa shape index (κ3) is 12.8. The number of amides is 3. The van der Waals surface area contributed by atoms with Crippen LogP contribution in [0.5, 0.6) is 0 Å². The molecule has 1 aliphatic rings. The van der Waals surface area contributed by atoms with Crippen LogP contribution in [0.25, 0.3) is 0 Å². The van der Waals surface area contributed by atoms with Gasteiger partial charge in [-0.2, -0.15) is 0 Å². The Morgan fingerprint density at radius 3 is 2.15 bits per heavy atom. The zero-order chi connectivity index (χ0) is 37.4. The van der Waals surface area contributed by atoms with E-state index >= 15 is 0 Å². The molecule has 0 unspecified atom stereocenters. The van der Waals surface area contributed by atoms with Gasteiger partial charge < -0.3 is 40.2 Å². The molecule has 5 rings (SSSR count). The maximum atomic E-state index is 13.8. The number of alkyl carbamates (subject to hydrolysis) is 2. The van der Waals surface area contributed by atoms with Gasteiger partial charge in [-0.1, -0.05) is 80.6 Å². The molecular formula is C39H48N6O7S. The summed E-state index contributed by atoms with van der Waals surface area (Å²) in [5.74, 6) is -0.698. The largest absolute Gasteiger partial charge is 0.445 e. The predicted molar refractivity (Wildman–Crippen MR) is 201 cm³/mol. The van der Waals surface area contributed by atoms with Crippen molar-refractivity contribution in [2.45, 2.75) is 70.6 Å². The number of aromatic nitrogens is 2. The fraction of sp³-hybridized carbons (Fsp3) is 0.410. The van der Waals surface area contributed by atoms with Crippen LogP contribution in [0.1, 0.15) is 42.7 Å². The number of carbonyl (C=O) groups excluding carboxylic acids is 3. The highest BCUT2D eigenvalue weighted by atomic mass is 32.1. The second-order valence-corrected chi connectivity index (χ2v) is 14.1. The second kappa shape index (κ2) is 20.3. The Morgan fingerprint density at radius 1 is 0.849 bits per heavy atom. The average Bonchev–Trinajstić information content (AvgIpc) is 3.66. The Morgan fingerprint density at radius 2 is 1.49 bits per heavy atom. The number of nitrogens with one attached hydrogen (secondary N) is 3. The molecule has 282 valence electrons. The standard InChI is InChI=1S/C39H48N6O7S/c1-27(2)35(44-39(49)52-25-32-26-53-37(42-32)45-16-18-50-19-17-45)36(47)41-31(20-28-10-5-3-6-11-28)22-34(46)33(21-29-12-7-4-8-13-29)43-38(48)51-24-30-14-9-15-40-23-30/h3-15,23,26-27,31,33-35,46H,16-22,24-25H2,1-2H3,(H,41,47)(H,43,48)(H,44,49)/t31-,33-,34-,35-/m0/s1. The number of pyridine rings is 1. The van der Waals surface area contributed by atoms with E-state index in [2.05, 4.69) is 30.8 Å². The number of hydrogen-bond acceptors (Lipinski definition) is 11. The summed E-state index contributed by atoms with van der Waals surface area (Å²) < 4.78 is 16.3. The molecule has 0 bridgehead atoms. The molecule has 53 heavy (non-hydrogen) atoms. The minimum Gasteiger partial charge on any atom is -0.445 e. The molecule has 2 aromatic heterocycles. The van der Waals surface area contributed by atoms with Crippen LogP contribution in [0.15, 0.2) is 90.6 Å². The summed E-state index contributed by atoms with van der Waals surface area (Å²) >= 11 is 1.48. The Hall–Kier alpha value is -5.05. The molecule has 3 amide bonds. The van der Waals surface area contributed by atoms with E-state index in [0.29, 0.717) is 31.7 Å². The number of rotatable bonds is 17. The normalized spacial score (nSPS) is 15.1. The first-order chi connectivity index (χ1) is 25.7. The summed E-state index contributed by atoms with van der Waals surface area (Å²) in [5, 5.41) is 23.0. The third-order valence-electron chi connectivity index (χ3n) is 8.75. The number of thiazole rings is 1. The molecule has 1 saturated heterocycles. The van der Waals surface area contributed by atoms with Gasteiger partial charge in [-0.05, 0) is 42.4 Å². The van der Waals surface area contributed by atoms with Gasteiger partial charge in [-0.15, -0.1) is 11.3 Å². The molecule has 14 heteroatoms. The van der Waals surface area contributed by atoms with Crippen LogP contribution in [0.2, 0.25) is 0 Å². The number of morpholine rings is 1. The van der Waals surface area contributed by atoms with Crippen molar-refractivity contribution in [1.82, 2.24) is 25.9 Å². The lowest BCUT2D eigenvalue weighted by molar-refractivity contribution is -0.125. The van der Waals surface area contributed by atoms with Crippen molar-refractivity contribution in [3.8, 4) is 0 Å². The van der Waals surface area contributed by atoms with Crippen molar-refractivity contribution in [2.75, 3.05) is 31.2 Å². The molecule has 4 atom stereocenters. The van der Waals surface area contributed by atoms with Crippen molar-refractivity contribution < 1.29 is 33.7 Å². The van der Waals surface area contributed by atoms with Crippen LogP contribution in [-0.2, 0) is 45.1 Å². The van der Waals surface area contributed by atoms with E-state index in [1.807, 2.05) is 79.9 Å². The number of anilines is 1. The minimum absolute atomic E-state index is 0.0196. The van der Waals surface area contributed by atoms with Crippen LogP contribution in [-0.4, -0.2) is 83.7 Å². The molecule has 13 nitrogen and oxygen atoms in total. The van der Waals surface area contributed by atoms with Gasteiger partial charge in [0.25, 0.3) is 0 Å². The first-order valence-corrected chi connectivity index (χ1v) is 18.7. The van der Waals surface area contributed by atoms with Crippen molar-refractivity contribution in [2.24, 2.45) is 5.92 Å². The number of aliphatic hydroxyl groups excluding tert-OH is 1. The summed E-state index contributed by atoms with van der Waals surface area (Å²) in [6.07, 6.45) is 1.58. The van der Waals surface area contributed by atoms with Gasteiger partial charge in [0.05, 0.1) is 31.1 Å². The molecule has 1 fully saturated rings. The van der Waals surface area contributed by atoms with Crippen molar-refractivity contribution in [1.29, 1.82) is 0 Å². The zero-order valence-electron chi connectivity index (χ0n) is 30.1. The van der Waals surface area contributed by atoms with E-state index in [0.717, 1.165) is 34.9 Å². The molecular weight excluding hydrogens is 697 g/mol. The summed E-state index contributed by atoms with van der Waals surface area (Å²) in [7, 11) is 0. The predicted octanol–water partition coefficient (Wildman–Crippen LogP) is 4.64. The summed E-state index contributed by atoms with van der Waals surface area (Å²) in [5.41, 5.74) is 3.20. The zero-order valence-corrected chi connectivity index (χ0v) is 30.9. The van der Waals surface area contributed by atoms with E-state index in [-0.39, 0.29) is 25.6 Å². The third-order valence-corrected chi connectivity index (χ3v) is 9.70. The Balaban J connectivity index is 1.23. The molecule has 0 saturated carbocycles. The van der Waals surface area contributed by atoms with Gasteiger partial charge in [-0.3, -0.25) is 9.78 Å². The van der Waals surface area contributed by atoms with Gasteiger partial charge in [0.1, 0.15) is 19.3 Å². The Labute approximate surface area is 314 Å². The molecule has 3 heterocycles. The quantitative estimate of drug-likeness (QED) is 0.120. The van der Waals surface area contributed by atoms with Gasteiger partial charge in [0, 0.05) is 42.5 Å². The Kier molecular flexibility index (Phi) is 15.0. The number of hydrogen-bond donors (Lipinski definition) is 4. The second-order valence-electron chi connectivity index (χ2n) is 13.2. The van der Waals surface area contributed by atoms with Crippen molar-refractivity contribution in [3.63, 3.8) is 0 Å². The monoisotopic (exact) mass is 744 g/mol. The smallest absolute Gasteiger partial charge is 0.408 e. The number of aliphatic hydroxyl groups is 1. The Bertz CT molecular complexity index is 1710. The summed E-state index contributed by atoms with van der Waals surface area (Å²) in [6.45, 7) is 6.44. The first kappa shape index (κ1) is 39.2. The molecule has 0 aliphatic carbocycles. The number of carbonyl (C=O) groups is 3. The van der Waals surface area contributed by atoms with Crippen molar-refractivity contribution in [3.05, 3.63) is 113 Å². The van der Waals surface area contributed by atoms with Gasteiger partial charge in [0.2, 0.25) is 5.91 Å². The van der Waals surface area contributed by atoms with Crippen molar-refractivity contribution >= 4 is 34.6 Å². The highest BCUT2D eigenvalue weighted by Crippen LogP contribution is 2.22. The van der Waals surface area contributed by atoms with Crippen LogP contribution < -0.4 is 20.9 Å². The SMILES string of the molecule is CC(C)[C@H](NC(=O)OCc1csc(N2CCOCC2)n1)C(=O)N[C@@H](Cc1ccccc1)C[C@H](O)[C@H](Cc1ccccc1)NC(=O)OCc1cccnc1. The van der Waals surface area contributed by atoms with E-state index in [1.165, 1.54) is 11.3 Å². The molecule has 0 radical (unpaired) electrons. The maximum Gasteiger partial charge on any atom is 0.408 e. The van der Waals surface area contributed by atoms with E-state index in [1.54, 1.807) is 24.5 Å². The molecule has 4 aromatic rings. The summed E-state index contributed by atoms with van der Waals surface area (Å²) in [4.78, 5) is 50.5. The number of benzene rings is 2. The van der Waals surface area contributed by atoms with E-state index in [9.17, 15) is 19.5 Å².